The molecule has 0 amide bonds. The molecule has 0 aliphatic carbocycles. The van der Waals surface area contributed by atoms with Gasteiger partial charge in [0.25, 0.3) is 0 Å². The van der Waals surface area contributed by atoms with Crippen molar-refractivity contribution >= 4 is 5.96 Å². The molecule has 0 atom stereocenters. The molecule has 6 nitrogen and oxygen atoms in total. The van der Waals surface area contributed by atoms with Gasteiger partial charge in [0.15, 0.2) is 11.8 Å². The third-order valence-electron chi connectivity index (χ3n) is 4.16. The van der Waals surface area contributed by atoms with Crippen molar-refractivity contribution in [3.8, 4) is 0 Å². The van der Waals surface area contributed by atoms with Crippen molar-refractivity contribution in [2.45, 2.75) is 52.4 Å². The Kier molecular flexibility index (Phi) is 7.18. The van der Waals surface area contributed by atoms with Crippen molar-refractivity contribution in [3.05, 3.63) is 47.6 Å². The van der Waals surface area contributed by atoms with Crippen LogP contribution in [0.4, 0.5) is 0 Å². The van der Waals surface area contributed by atoms with Crippen molar-refractivity contribution in [1.82, 2.24) is 20.8 Å². The first-order valence-corrected chi connectivity index (χ1v) is 9.32. The standard InChI is InChI=1S/C20H31N5O/c1-6-21-19(22-13-12-17-24-18(15(2)3)25-26-17)23-14-20(4,5)16-10-8-7-9-11-16/h7-11,15H,6,12-14H2,1-5H3,(H2,21,22,23). The number of hydrogen-bond acceptors (Lipinski definition) is 4. The van der Waals surface area contributed by atoms with Crippen LogP contribution in [0.5, 0.6) is 0 Å². The lowest BCUT2D eigenvalue weighted by Gasteiger charge is -2.23. The monoisotopic (exact) mass is 357 g/mol. The van der Waals surface area contributed by atoms with E-state index in [0.717, 1.165) is 18.3 Å². The second-order valence-corrected chi connectivity index (χ2v) is 7.32. The predicted octanol–water partition coefficient (Wildman–Crippen LogP) is 3.27. The number of rotatable bonds is 8. The molecule has 0 radical (unpaired) electrons. The number of aliphatic imine (C=N–C) groups is 1. The van der Waals surface area contributed by atoms with Crippen LogP contribution in [0.15, 0.2) is 39.8 Å². The van der Waals surface area contributed by atoms with Gasteiger partial charge in [0.05, 0.1) is 6.54 Å². The Labute approximate surface area is 156 Å². The fraction of sp³-hybridized carbons (Fsp3) is 0.550. The van der Waals surface area contributed by atoms with E-state index in [-0.39, 0.29) is 11.3 Å². The smallest absolute Gasteiger partial charge is 0.228 e. The molecule has 0 aliphatic rings. The Balaban J connectivity index is 1.91. The predicted molar refractivity (Wildman–Crippen MR) is 106 cm³/mol. The lowest BCUT2D eigenvalue weighted by atomic mass is 9.85. The Morgan fingerprint density at radius 3 is 2.54 bits per heavy atom. The molecule has 1 aromatic carbocycles. The van der Waals surface area contributed by atoms with Crippen LogP contribution in [-0.4, -0.2) is 35.7 Å². The van der Waals surface area contributed by atoms with Gasteiger partial charge in [-0.05, 0) is 12.5 Å². The number of benzene rings is 1. The lowest BCUT2D eigenvalue weighted by Crippen LogP contribution is -2.39. The minimum Gasteiger partial charge on any atom is -0.357 e. The Hall–Kier alpha value is -2.37. The highest BCUT2D eigenvalue weighted by atomic mass is 16.5. The maximum Gasteiger partial charge on any atom is 0.228 e. The Bertz CT molecular complexity index is 691. The number of aromatic nitrogens is 2. The zero-order valence-electron chi connectivity index (χ0n) is 16.5. The third-order valence-corrected chi connectivity index (χ3v) is 4.16. The summed E-state index contributed by atoms with van der Waals surface area (Å²) in [6, 6.07) is 10.5. The normalized spacial score (nSPS) is 12.5. The molecule has 2 rings (SSSR count). The zero-order chi connectivity index (χ0) is 19.0. The highest BCUT2D eigenvalue weighted by Crippen LogP contribution is 2.22. The van der Waals surface area contributed by atoms with Crippen molar-refractivity contribution in [2.24, 2.45) is 4.99 Å². The number of nitrogens with zero attached hydrogens (tertiary/aromatic N) is 3. The molecule has 1 heterocycles. The number of nitrogens with one attached hydrogen (secondary N) is 2. The Morgan fingerprint density at radius 1 is 1.19 bits per heavy atom. The van der Waals surface area contributed by atoms with Gasteiger partial charge in [0, 0.05) is 30.8 Å². The van der Waals surface area contributed by atoms with Crippen LogP contribution in [0.3, 0.4) is 0 Å². The summed E-state index contributed by atoms with van der Waals surface area (Å²) in [6.45, 7) is 12.8. The highest BCUT2D eigenvalue weighted by Gasteiger charge is 2.20. The second kappa shape index (κ2) is 9.36. The maximum absolute atomic E-state index is 5.28. The van der Waals surface area contributed by atoms with E-state index >= 15 is 0 Å². The summed E-state index contributed by atoms with van der Waals surface area (Å²) in [5.74, 6) is 2.49. The largest absolute Gasteiger partial charge is 0.357 e. The molecule has 0 unspecified atom stereocenters. The van der Waals surface area contributed by atoms with Gasteiger partial charge in [-0.2, -0.15) is 4.98 Å². The lowest BCUT2D eigenvalue weighted by molar-refractivity contribution is 0.371. The fourth-order valence-corrected chi connectivity index (χ4v) is 2.49. The van der Waals surface area contributed by atoms with E-state index in [1.54, 1.807) is 0 Å². The average Bonchev–Trinajstić information content (AvgIpc) is 3.10. The van der Waals surface area contributed by atoms with Crippen LogP contribution >= 0.6 is 0 Å². The summed E-state index contributed by atoms with van der Waals surface area (Å²) in [5.41, 5.74) is 1.26. The van der Waals surface area contributed by atoms with E-state index in [0.29, 0.717) is 25.4 Å². The zero-order valence-corrected chi connectivity index (χ0v) is 16.5. The molecular weight excluding hydrogens is 326 g/mol. The first kappa shape index (κ1) is 19.9. The molecule has 0 aliphatic heterocycles. The molecule has 26 heavy (non-hydrogen) atoms. The van der Waals surface area contributed by atoms with Gasteiger partial charge in [-0.1, -0.05) is 63.2 Å². The van der Waals surface area contributed by atoms with Gasteiger partial charge >= 0.3 is 0 Å². The van der Waals surface area contributed by atoms with Crippen LogP contribution in [-0.2, 0) is 11.8 Å². The molecule has 0 fully saturated rings. The van der Waals surface area contributed by atoms with E-state index in [2.05, 4.69) is 79.7 Å². The SMILES string of the molecule is CCNC(=NCC(C)(C)c1ccccc1)NCCc1nc(C(C)C)no1. The van der Waals surface area contributed by atoms with Crippen LogP contribution < -0.4 is 10.6 Å². The van der Waals surface area contributed by atoms with Crippen molar-refractivity contribution in [1.29, 1.82) is 0 Å². The molecule has 142 valence electrons. The van der Waals surface area contributed by atoms with Gasteiger partial charge in [-0.3, -0.25) is 4.99 Å². The topological polar surface area (TPSA) is 75.3 Å². The van der Waals surface area contributed by atoms with E-state index in [1.807, 2.05) is 6.07 Å². The van der Waals surface area contributed by atoms with Gasteiger partial charge < -0.3 is 15.2 Å². The van der Waals surface area contributed by atoms with E-state index in [4.69, 9.17) is 9.52 Å². The average molecular weight is 358 g/mol. The van der Waals surface area contributed by atoms with Crippen LogP contribution in [0.25, 0.3) is 0 Å². The van der Waals surface area contributed by atoms with Crippen molar-refractivity contribution in [3.63, 3.8) is 0 Å². The summed E-state index contributed by atoms with van der Waals surface area (Å²) in [6.07, 6.45) is 0.673. The molecular formula is C20H31N5O. The van der Waals surface area contributed by atoms with Crippen LogP contribution in [0.2, 0.25) is 0 Å². The molecule has 0 saturated heterocycles. The molecule has 2 N–H and O–H groups in total. The van der Waals surface area contributed by atoms with Crippen LogP contribution in [0.1, 0.15) is 57.8 Å². The van der Waals surface area contributed by atoms with Crippen molar-refractivity contribution < 1.29 is 4.52 Å². The number of guanidine groups is 1. The van der Waals surface area contributed by atoms with Gasteiger partial charge in [0.2, 0.25) is 5.89 Å². The summed E-state index contributed by atoms with van der Waals surface area (Å²) in [4.78, 5) is 9.15. The molecule has 0 bridgehead atoms. The second-order valence-electron chi connectivity index (χ2n) is 7.32. The first-order valence-electron chi connectivity index (χ1n) is 9.32. The van der Waals surface area contributed by atoms with Gasteiger partial charge in [0.1, 0.15) is 0 Å². The molecule has 1 aromatic heterocycles. The van der Waals surface area contributed by atoms with Gasteiger partial charge in [-0.25, -0.2) is 0 Å². The molecule has 6 heteroatoms. The van der Waals surface area contributed by atoms with E-state index in [1.165, 1.54) is 5.56 Å². The van der Waals surface area contributed by atoms with E-state index in [9.17, 15) is 0 Å². The van der Waals surface area contributed by atoms with Crippen LogP contribution in [0, 0.1) is 0 Å². The number of hydrogen-bond donors (Lipinski definition) is 2. The maximum atomic E-state index is 5.28. The first-order chi connectivity index (χ1) is 12.4. The minimum absolute atomic E-state index is 0.0255. The summed E-state index contributed by atoms with van der Waals surface area (Å²) in [5, 5.41) is 10.6. The van der Waals surface area contributed by atoms with Crippen molar-refractivity contribution in [2.75, 3.05) is 19.6 Å². The molecule has 2 aromatic rings. The van der Waals surface area contributed by atoms with Gasteiger partial charge in [-0.15, -0.1) is 0 Å². The fourth-order valence-electron chi connectivity index (χ4n) is 2.49. The summed E-state index contributed by atoms with van der Waals surface area (Å²) >= 11 is 0. The summed E-state index contributed by atoms with van der Waals surface area (Å²) < 4.78 is 5.28. The highest BCUT2D eigenvalue weighted by molar-refractivity contribution is 5.79. The molecule has 0 saturated carbocycles. The third kappa shape index (κ3) is 5.86. The molecule has 0 spiro atoms. The quantitative estimate of drug-likeness (QED) is 0.560. The summed E-state index contributed by atoms with van der Waals surface area (Å²) in [7, 11) is 0. The van der Waals surface area contributed by atoms with E-state index < -0.39 is 0 Å². The minimum atomic E-state index is -0.0255. The Morgan fingerprint density at radius 2 is 1.92 bits per heavy atom.